The molecule has 2 rings (SSSR count). The molecule has 0 aliphatic carbocycles. The van der Waals surface area contributed by atoms with Crippen molar-refractivity contribution in [1.82, 2.24) is 19.3 Å². The van der Waals surface area contributed by atoms with Gasteiger partial charge in [-0.2, -0.15) is 0 Å². The molecule has 0 aliphatic rings. The SMILES string of the molecule is CCCCS(=O)(=O)NCCn1c(NC)nc2c(N)nc(NC)c(NC)c21. The molecule has 0 unspecified atom stereocenters. The normalized spacial score (nSPS) is 11.7. The highest BCUT2D eigenvalue weighted by Gasteiger charge is 2.20. The Balaban J connectivity index is 2.38. The molecule has 2 aromatic rings. The number of nitrogens with one attached hydrogen (secondary N) is 4. The molecule has 0 fully saturated rings. The number of fused-ring (bicyclic) bond motifs is 1. The lowest BCUT2D eigenvalue weighted by molar-refractivity contribution is 0.571. The Kier molecular flexibility index (Phi) is 6.48. The van der Waals surface area contributed by atoms with E-state index in [-0.39, 0.29) is 12.3 Å². The van der Waals surface area contributed by atoms with Gasteiger partial charge in [0.1, 0.15) is 16.7 Å². The van der Waals surface area contributed by atoms with E-state index in [2.05, 4.69) is 30.6 Å². The van der Waals surface area contributed by atoms with Crippen molar-refractivity contribution in [2.75, 3.05) is 55.1 Å². The van der Waals surface area contributed by atoms with Crippen LogP contribution in [0.25, 0.3) is 11.0 Å². The first-order valence-electron chi connectivity index (χ1n) is 8.58. The highest BCUT2D eigenvalue weighted by molar-refractivity contribution is 7.89. The number of sulfonamides is 1. The van der Waals surface area contributed by atoms with Crippen molar-refractivity contribution < 1.29 is 8.42 Å². The molecule has 26 heavy (non-hydrogen) atoms. The van der Waals surface area contributed by atoms with E-state index in [9.17, 15) is 8.42 Å². The monoisotopic (exact) mass is 384 g/mol. The predicted octanol–water partition coefficient (Wildman–Crippen LogP) is 0.858. The fraction of sp³-hybridized carbons (Fsp3) is 0.600. The molecule has 0 saturated heterocycles. The molecule has 0 amide bonds. The standard InChI is InChI=1S/C15H28N8O2S/c1-5-6-9-26(24,25)20-7-8-23-12-10(21-15(23)19-4)13(16)22-14(18-3)11(12)17-2/h17,20H,5-9H2,1-4H3,(H,19,21)(H3,16,18,22). The number of nitrogens with two attached hydrogens (primary N) is 1. The van der Waals surface area contributed by atoms with Crippen LogP contribution in [0.3, 0.4) is 0 Å². The van der Waals surface area contributed by atoms with Gasteiger partial charge in [0.25, 0.3) is 0 Å². The summed E-state index contributed by atoms with van der Waals surface area (Å²) < 4.78 is 28.6. The summed E-state index contributed by atoms with van der Waals surface area (Å²) in [5.74, 6) is 1.63. The summed E-state index contributed by atoms with van der Waals surface area (Å²) in [6.45, 7) is 2.62. The number of unbranched alkanes of at least 4 members (excludes halogenated alkanes) is 1. The maximum Gasteiger partial charge on any atom is 0.211 e. The third-order valence-electron chi connectivity index (χ3n) is 4.05. The van der Waals surface area contributed by atoms with Gasteiger partial charge < -0.3 is 26.3 Å². The van der Waals surface area contributed by atoms with Crippen molar-refractivity contribution in [2.45, 2.75) is 26.3 Å². The van der Waals surface area contributed by atoms with E-state index in [0.29, 0.717) is 36.1 Å². The number of nitrogens with zero attached hydrogens (tertiary/aromatic N) is 3. The molecule has 2 aromatic heterocycles. The van der Waals surface area contributed by atoms with Crippen LogP contribution in [0.4, 0.5) is 23.3 Å². The van der Waals surface area contributed by atoms with Gasteiger partial charge >= 0.3 is 0 Å². The van der Waals surface area contributed by atoms with Gasteiger partial charge in [-0.15, -0.1) is 0 Å². The lowest BCUT2D eigenvalue weighted by Crippen LogP contribution is -2.29. The van der Waals surface area contributed by atoms with E-state index in [0.717, 1.165) is 17.6 Å². The molecule has 10 nitrogen and oxygen atoms in total. The fourth-order valence-corrected chi connectivity index (χ4v) is 3.99. The highest BCUT2D eigenvalue weighted by Crippen LogP contribution is 2.34. The second-order valence-electron chi connectivity index (χ2n) is 5.82. The number of hydrogen-bond acceptors (Lipinski definition) is 8. The van der Waals surface area contributed by atoms with Crippen LogP contribution >= 0.6 is 0 Å². The van der Waals surface area contributed by atoms with Gasteiger partial charge in [0.05, 0.1) is 5.75 Å². The van der Waals surface area contributed by atoms with Crippen LogP contribution in [0.1, 0.15) is 19.8 Å². The van der Waals surface area contributed by atoms with Gasteiger partial charge in [-0.25, -0.2) is 23.1 Å². The van der Waals surface area contributed by atoms with E-state index >= 15 is 0 Å². The van der Waals surface area contributed by atoms with Gasteiger partial charge in [0.15, 0.2) is 11.6 Å². The van der Waals surface area contributed by atoms with E-state index in [4.69, 9.17) is 5.73 Å². The summed E-state index contributed by atoms with van der Waals surface area (Å²) >= 11 is 0. The lowest BCUT2D eigenvalue weighted by atomic mass is 10.3. The quantitative estimate of drug-likeness (QED) is 0.406. The summed E-state index contributed by atoms with van der Waals surface area (Å²) in [5.41, 5.74) is 8.13. The number of aromatic nitrogens is 3. The van der Waals surface area contributed by atoms with Crippen molar-refractivity contribution in [3.05, 3.63) is 0 Å². The van der Waals surface area contributed by atoms with Crippen molar-refractivity contribution in [3.8, 4) is 0 Å². The minimum atomic E-state index is -3.28. The Hall–Kier alpha value is -2.27. The predicted molar refractivity (Wildman–Crippen MR) is 107 cm³/mol. The van der Waals surface area contributed by atoms with Gasteiger partial charge in [-0.05, 0) is 6.42 Å². The van der Waals surface area contributed by atoms with Crippen LogP contribution in [0.15, 0.2) is 0 Å². The molecular formula is C15H28N8O2S. The van der Waals surface area contributed by atoms with Crippen molar-refractivity contribution in [2.24, 2.45) is 0 Å². The zero-order chi connectivity index (χ0) is 19.3. The molecule has 0 aliphatic heterocycles. The number of imidazole rings is 1. The first kappa shape index (κ1) is 20.0. The second kappa shape index (κ2) is 8.41. The molecule has 0 spiro atoms. The third kappa shape index (κ3) is 4.10. The first-order chi connectivity index (χ1) is 12.4. The first-order valence-corrected chi connectivity index (χ1v) is 10.2. The van der Waals surface area contributed by atoms with Crippen LogP contribution in [-0.4, -0.2) is 56.4 Å². The Labute approximate surface area is 154 Å². The lowest BCUT2D eigenvalue weighted by Gasteiger charge is -2.14. The van der Waals surface area contributed by atoms with Gasteiger partial charge in [0.2, 0.25) is 16.0 Å². The Morgan fingerprint density at radius 3 is 2.42 bits per heavy atom. The van der Waals surface area contributed by atoms with E-state index in [1.807, 2.05) is 11.5 Å². The Morgan fingerprint density at radius 2 is 1.85 bits per heavy atom. The Morgan fingerprint density at radius 1 is 1.12 bits per heavy atom. The minimum absolute atomic E-state index is 0.135. The third-order valence-corrected chi connectivity index (χ3v) is 5.52. The molecule has 0 radical (unpaired) electrons. The zero-order valence-corrected chi connectivity index (χ0v) is 16.5. The summed E-state index contributed by atoms with van der Waals surface area (Å²) in [5, 5.41) is 9.16. The van der Waals surface area contributed by atoms with E-state index in [1.165, 1.54) is 0 Å². The van der Waals surface area contributed by atoms with Crippen molar-refractivity contribution >= 4 is 44.3 Å². The molecule has 0 bridgehead atoms. The molecule has 0 saturated carbocycles. The van der Waals surface area contributed by atoms with Crippen LogP contribution in [0, 0.1) is 0 Å². The molecule has 6 N–H and O–H groups in total. The fourth-order valence-electron chi connectivity index (χ4n) is 2.77. The Bertz CT molecular complexity index is 862. The summed E-state index contributed by atoms with van der Waals surface area (Å²) in [7, 11) is 2.03. The topological polar surface area (TPSA) is 139 Å². The van der Waals surface area contributed by atoms with Crippen LogP contribution in [0.2, 0.25) is 0 Å². The van der Waals surface area contributed by atoms with E-state index in [1.54, 1.807) is 21.1 Å². The van der Waals surface area contributed by atoms with Crippen LogP contribution in [-0.2, 0) is 16.6 Å². The van der Waals surface area contributed by atoms with Crippen LogP contribution in [0.5, 0.6) is 0 Å². The average Bonchev–Trinajstić information content (AvgIpc) is 2.99. The average molecular weight is 385 g/mol. The molecule has 0 aromatic carbocycles. The maximum absolute atomic E-state index is 12.0. The van der Waals surface area contributed by atoms with Gasteiger partial charge in [-0.1, -0.05) is 13.3 Å². The number of hydrogen-bond donors (Lipinski definition) is 5. The molecular weight excluding hydrogens is 356 g/mol. The molecule has 11 heteroatoms. The summed E-state index contributed by atoms with van der Waals surface area (Å²) in [6.07, 6.45) is 1.48. The van der Waals surface area contributed by atoms with Gasteiger partial charge in [0, 0.05) is 34.2 Å². The highest BCUT2D eigenvalue weighted by atomic mass is 32.2. The minimum Gasteiger partial charge on any atom is -0.383 e. The van der Waals surface area contributed by atoms with Crippen molar-refractivity contribution in [3.63, 3.8) is 0 Å². The van der Waals surface area contributed by atoms with Gasteiger partial charge in [-0.3, -0.25) is 0 Å². The molecule has 2 heterocycles. The zero-order valence-electron chi connectivity index (χ0n) is 15.7. The second-order valence-corrected chi connectivity index (χ2v) is 7.75. The number of rotatable bonds is 10. The number of pyridine rings is 1. The number of nitrogen functional groups attached to an aromatic ring is 1. The molecule has 146 valence electrons. The molecule has 0 atom stereocenters. The smallest absolute Gasteiger partial charge is 0.211 e. The number of anilines is 4. The largest absolute Gasteiger partial charge is 0.383 e. The maximum atomic E-state index is 12.0. The summed E-state index contributed by atoms with van der Waals surface area (Å²) in [4.78, 5) is 8.82. The summed E-state index contributed by atoms with van der Waals surface area (Å²) in [6, 6.07) is 0. The van der Waals surface area contributed by atoms with Crippen molar-refractivity contribution in [1.29, 1.82) is 0 Å². The van der Waals surface area contributed by atoms with E-state index < -0.39 is 10.0 Å². The van der Waals surface area contributed by atoms with Crippen LogP contribution < -0.4 is 26.4 Å².